The van der Waals surface area contributed by atoms with Crippen LogP contribution in [0.2, 0.25) is 0 Å². The fourth-order valence-corrected chi connectivity index (χ4v) is 2.20. The van der Waals surface area contributed by atoms with Crippen LogP contribution in [-0.2, 0) is 0 Å². The molecular formula is C15H23NO3. The number of aliphatic hydroxyl groups excluding tert-OH is 1. The molecule has 0 spiro atoms. The standard InChI is InChI=1S/C15H23NO3/c1-10(2)13(9-17)16-11(3)12-4-5-14-15(8-12)19-7-6-18-14/h4-5,8,10-11,13,16-17H,6-7,9H2,1-3H3/t11?,13-/m1/s1. The van der Waals surface area contributed by atoms with E-state index >= 15 is 0 Å². The van der Waals surface area contributed by atoms with E-state index in [1.165, 1.54) is 0 Å². The Balaban J connectivity index is 2.08. The summed E-state index contributed by atoms with van der Waals surface area (Å²) in [6.07, 6.45) is 0. The highest BCUT2D eigenvalue weighted by Crippen LogP contribution is 2.32. The minimum Gasteiger partial charge on any atom is -0.486 e. The molecule has 0 fully saturated rings. The fourth-order valence-electron chi connectivity index (χ4n) is 2.20. The summed E-state index contributed by atoms with van der Waals surface area (Å²) in [5.74, 6) is 2.01. The Labute approximate surface area is 114 Å². The second-order valence-corrected chi connectivity index (χ2v) is 5.32. The lowest BCUT2D eigenvalue weighted by molar-refractivity contribution is 0.171. The largest absolute Gasteiger partial charge is 0.486 e. The van der Waals surface area contributed by atoms with Gasteiger partial charge in [0.15, 0.2) is 11.5 Å². The Morgan fingerprint density at radius 2 is 1.84 bits per heavy atom. The predicted molar refractivity (Wildman–Crippen MR) is 74.7 cm³/mol. The normalized spacial score (nSPS) is 17.3. The van der Waals surface area contributed by atoms with Crippen molar-refractivity contribution in [2.24, 2.45) is 5.92 Å². The molecule has 1 aromatic carbocycles. The van der Waals surface area contributed by atoms with Crippen molar-refractivity contribution in [2.75, 3.05) is 19.8 Å². The topological polar surface area (TPSA) is 50.7 Å². The minimum atomic E-state index is 0.100. The molecule has 1 aliphatic heterocycles. The zero-order valence-corrected chi connectivity index (χ0v) is 11.8. The molecule has 1 heterocycles. The summed E-state index contributed by atoms with van der Waals surface area (Å²) in [6, 6.07) is 6.27. The van der Waals surface area contributed by atoms with Crippen LogP contribution >= 0.6 is 0 Å². The summed E-state index contributed by atoms with van der Waals surface area (Å²) >= 11 is 0. The van der Waals surface area contributed by atoms with Gasteiger partial charge in [-0.2, -0.15) is 0 Å². The van der Waals surface area contributed by atoms with Crippen molar-refractivity contribution < 1.29 is 14.6 Å². The first kappa shape index (κ1) is 14.2. The fraction of sp³-hybridized carbons (Fsp3) is 0.600. The number of hydrogen-bond donors (Lipinski definition) is 2. The van der Waals surface area contributed by atoms with E-state index in [0.717, 1.165) is 17.1 Å². The third kappa shape index (κ3) is 3.39. The number of ether oxygens (including phenoxy) is 2. The highest BCUT2D eigenvalue weighted by atomic mass is 16.6. The molecule has 2 atom stereocenters. The lowest BCUT2D eigenvalue weighted by Crippen LogP contribution is -2.38. The van der Waals surface area contributed by atoms with Crippen LogP contribution in [0.3, 0.4) is 0 Å². The molecule has 0 radical (unpaired) electrons. The number of rotatable bonds is 5. The van der Waals surface area contributed by atoms with Gasteiger partial charge in [-0.05, 0) is 30.5 Å². The Morgan fingerprint density at radius 3 is 2.47 bits per heavy atom. The molecule has 0 saturated carbocycles. The number of nitrogens with one attached hydrogen (secondary N) is 1. The Hall–Kier alpha value is -1.26. The number of fused-ring (bicyclic) bond motifs is 1. The quantitative estimate of drug-likeness (QED) is 0.856. The van der Waals surface area contributed by atoms with Gasteiger partial charge in [0.2, 0.25) is 0 Å². The van der Waals surface area contributed by atoms with E-state index < -0.39 is 0 Å². The molecule has 4 nitrogen and oxygen atoms in total. The predicted octanol–water partition coefficient (Wildman–Crippen LogP) is 2.13. The van der Waals surface area contributed by atoms with Gasteiger partial charge in [-0.25, -0.2) is 0 Å². The van der Waals surface area contributed by atoms with Crippen LogP contribution in [0.25, 0.3) is 0 Å². The molecule has 0 amide bonds. The second kappa shape index (κ2) is 6.26. The van der Waals surface area contributed by atoms with Crippen molar-refractivity contribution in [1.29, 1.82) is 0 Å². The van der Waals surface area contributed by atoms with E-state index in [1.807, 2.05) is 18.2 Å². The number of hydrogen-bond acceptors (Lipinski definition) is 4. The first-order valence-corrected chi connectivity index (χ1v) is 6.88. The Bertz CT molecular complexity index is 420. The van der Waals surface area contributed by atoms with Gasteiger partial charge in [0, 0.05) is 12.1 Å². The molecule has 106 valence electrons. The van der Waals surface area contributed by atoms with E-state index in [9.17, 15) is 5.11 Å². The van der Waals surface area contributed by atoms with E-state index in [-0.39, 0.29) is 18.7 Å². The summed E-state index contributed by atoms with van der Waals surface area (Å²) in [4.78, 5) is 0. The molecule has 19 heavy (non-hydrogen) atoms. The molecule has 0 bridgehead atoms. The highest BCUT2D eigenvalue weighted by molar-refractivity contribution is 5.44. The van der Waals surface area contributed by atoms with Crippen LogP contribution in [0.5, 0.6) is 11.5 Å². The van der Waals surface area contributed by atoms with Gasteiger partial charge in [-0.1, -0.05) is 19.9 Å². The number of benzene rings is 1. The smallest absolute Gasteiger partial charge is 0.161 e. The van der Waals surface area contributed by atoms with E-state index in [1.54, 1.807) is 0 Å². The SMILES string of the molecule is CC(N[C@H](CO)C(C)C)c1ccc2c(c1)OCCO2. The molecule has 1 unspecified atom stereocenters. The second-order valence-electron chi connectivity index (χ2n) is 5.32. The van der Waals surface area contributed by atoms with Crippen molar-refractivity contribution in [2.45, 2.75) is 32.9 Å². The van der Waals surface area contributed by atoms with E-state index in [2.05, 4.69) is 26.1 Å². The minimum absolute atomic E-state index is 0.100. The third-order valence-corrected chi connectivity index (χ3v) is 3.53. The summed E-state index contributed by atoms with van der Waals surface area (Å²) in [5, 5.41) is 12.8. The summed E-state index contributed by atoms with van der Waals surface area (Å²) < 4.78 is 11.1. The molecule has 0 saturated heterocycles. The Kier molecular flexibility index (Phi) is 4.66. The first-order valence-electron chi connectivity index (χ1n) is 6.88. The first-order chi connectivity index (χ1) is 9.11. The van der Waals surface area contributed by atoms with Gasteiger partial charge in [0.25, 0.3) is 0 Å². The van der Waals surface area contributed by atoms with Gasteiger partial charge in [0.05, 0.1) is 6.61 Å². The van der Waals surface area contributed by atoms with Crippen LogP contribution < -0.4 is 14.8 Å². The van der Waals surface area contributed by atoms with Crippen LogP contribution in [0.15, 0.2) is 18.2 Å². The van der Waals surface area contributed by atoms with Gasteiger partial charge in [-0.3, -0.25) is 0 Å². The zero-order chi connectivity index (χ0) is 13.8. The van der Waals surface area contributed by atoms with Gasteiger partial charge in [-0.15, -0.1) is 0 Å². The zero-order valence-electron chi connectivity index (χ0n) is 11.8. The maximum absolute atomic E-state index is 9.38. The van der Waals surface area contributed by atoms with Gasteiger partial charge in [0.1, 0.15) is 13.2 Å². The molecule has 0 aliphatic carbocycles. The molecular weight excluding hydrogens is 242 g/mol. The lowest BCUT2D eigenvalue weighted by atomic mass is 10.0. The average Bonchev–Trinajstić information content (AvgIpc) is 2.43. The van der Waals surface area contributed by atoms with Crippen LogP contribution in [-0.4, -0.2) is 31.0 Å². The van der Waals surface area contributed by atoms with Crippen molar-refractivity contribution in [3.63, 3.8) is 0 Å². The molecule has 2 rings (SSSR count). The summed E-state index contributed by atoms with van der Waals surface area (Å²) in [7, 11) is 0. The molecule has 1 aliphatic rings. The maximum Gasteiger partial charge on any atom is 0.161 e. The summed E-state index contributed by atoms with van der Waals surface area (Å²) in [5.41, 5.74) is 1.14. The van der Waals surface area contributed by atoms with Crippen molar-refractivity contribution in [3.8, 4) is 11.5 Å². The third-order valence-electron chi connectivity index (χ3n) is 3.53. The van der Waals surface area contributed by atoms with Crippen LogP contribution in [0, 0.1) is 5.92 Å². The van der Waals surface area contributed by atoms with E-state index in [0.29, 0.717) is 19.1 Å². The molecule has 2 N–H and O–H groups in total. The monoisotopic (exact) mass is 265 g/mol. The molecule has 4 heteroatoms. The molecule has 1 aromatic rings. The van der Waals surface area contributed by atoms with Crippen LogP contribution in [0.4, 0.5) is 0 Å². The maximum atomic E-state index is 9.38. The van der Waals surface area contributed by atoms with Crippen molar-refractivity contribution >= 4 is 0 Å². The van der Waals surface area contributed by atoms with E-state index in [4.69, 9.17) is 9.47 Å². The number of aliphatic hydroxyl groups is 1. The Morgan fingerprint density at radius 1 is 1.16 bits per heavy atom. The van der Waals surface area contributed by atoms with Crippen molar-refractivity contribution in [1.82, 2.24) is 5.32 Å². The average molecular weight is 265 g/mol. The van der Waals surface area contributed by atoms with Crippen molar-refractivity contribution in [3.05, 3.63) is 23.8 Å². The van der Waals surface area contributed by atoms with Crippen LogP contribution in [0.1, 0.15) is 32.4 Å². The lowest BCUT2D eigenvalue weighted by Gasteiger charge is -2.26. The van der Waals surface area contributed by atoms with Gasteiger partial charge >= 0.3 is 0 Å². The highest BCUT2D eigenvalue weighted by Gasteiger charge is 2.18. The van der Waals surface area contributed by atoms with Gasteiger partial charge < -0.3 is 19.9 Å². The summed E-state index contributed by atoms with van der Waals surface area (Å²) in [6.45, 7) is 7.65. The molecule has 0 aromatic heterocycles.